The first-order valence-electron chi connectivity index (χ1n) is 7.60. The first-order valence-corrected chi connectivity index (χ1v) is 7.60. The van der Waals surface area contributed by atoms with E-state index in [1.54, 1.807) is 0 Å². The van der Waals surface area contributed by atoms with E-state index >= 15 is 0 Å². The summed E-state index contributed by atoms with van der Waals surface area (Å²) in [7, 11) is 0. The first-order chi connectivity index (χ1) is 10.3. The predicted octanol–water partition coefficient (Wildman–Crippen LogP) is 4.19. The molecule has 0 saturated heterocycles. The third kappa shape index (κ3) is 2.48. The van der Waals surface area contributed by atoms with Crippen LogP contribution in [0.1, 0.15) is 24.4 Å². The standard InChI is InChI=1S/C19H19NO.ClH/c20-18(19(21)12-9-10-12)17-11-13-5-1-2-6-14(13)15-7-3-4-8-16(15)17;/h1-8,11-12,18-19,21H,9-10,20H2;1H/t18-,19+;/m0./s1. The van der Waals surface area contributed by atoms with Crippen molar-refractivity contribution in [2.75, 3.05) is 0 Å². The quantitative estimate of drug-likeness (QED) is 0.712. The van der Waals surface area contributed by atoms with E-state index in [9.17, 15) is 5.11 Å². The fourth-order valence-corrected chi connectivity index (χ4v) is 3.27. The number of benzene rings is 3. The van der Waals surface area contributed by atoms with Crippen LogP contribution in [0.15, 0.2) is 54.6 Å². The SMILES string of the molecule is Cl.N[C@@H](c1cc2ccccc2c2ccccc12)[C@H](O)C1CC1. The Bertz CT molecular complexity index is 813. The van der Waals surface area contributed by atoms with E-state index in [2.05, 4.69) is 42.5 Å². The molecule has 0 spiro atoms. The lowest BCUT2D eigenvalue weighted by Gasteiger charge is -2.21. The summed E-state index contributed by atoms with van der Waals surface area (Å²) in [6, 6.07) is 18.5. The molecule has 0 aromatic heterocycles. The van der Waals surface area contributed by atoms with Gasteiger partial charge >= 0.3 is 0 Å². The average Bonchev–Trinajstić information content (AvgIpc) is 3.37. The zero-order valence-corrected chi connectivity index (χ0v) is 13.1. The van der Waals surface area contributed by atoms with Crippen LogP contribution >= 0.6 is 12.4 Å². The van der Waals surface area contributed by atoms with E-state index in [4.69, 9.17) is 5.73 Å². The normalized spacial score (nSPS) is 17.2. The molecule has 22 heavy (non-hydrogen) atoms. The number of rotatable bonds is 3. The van der Waals surface area contributed by atoms with Gasteiger partial charge in [-0.2, -0.15) is 0 Å². The summed E-state index contributed by atoms with van der Waals surface area (Å²) in [6.45, 7) is 0. The van der Waals surface area contributed by atoms with Gasteiger partial charge in [0.1, 0.15) is 0 Å². The van der Waals surface area contributed by atoms with Gasteiger partial charge in [-0.05, 0) is 51.9 Å². The van der Waals surface area contributed by atoms with Gasteiger partial charge in [-0.1, -0.05) is 48.5 Å². The summed E-state index contributed by atoms with van der Waals surface area (Å²) in [5, 5.41) is 15.2. The minimum atomic E-state index is -0.436. The van der Waals surface area contributed by atoms with Gasteiger partial charge in [0.2, 0.25) is 0 Å². The lowest BCUT2D eigenvalue weighted by atomic mass is 9.90. The van der Waals surface area contributed by atoms with Gasteiger partial charge in [0.25, 0.3) is 0 Å². The molecule has 3 N–H and O–H groups in total. The number of nitrogens with two attached hydrogens (primary N) is 1. The highest BCUT2D eigenvalue weighted by molar-refractivity contribution is 6.09. The highest BCUT2D eigenvalue weighted by atomic mass is 35.5. The minimum Gasteiger partial charge on any atom is -0.391 e. The van der Waals surface area contributed by atoms with Crippen LogP contribution in [0.2, 0.25) is 0 Å². The summed E-state index contributed by atoms with van der Waals surface area (Å²) in [6.07, 6.45) is 1.76. The summed E-state index contributed by atoms with van der Waals surface area (Å²) in [5.74, 6) is 0.380. The van der Waals surface area contributed by atoms with Crippen molar-refractivity contribution >= 4 is 34.0 Å². The molecule has 3 aromatic carbocycles. The number of aliphatic hydroxyl groups excluding tert-OH is 1. The fraction of sp³-hybridized carbons (Fsp3) is 0.263. The van der Waals surface area contributed by atoms with Crippen LogP contribution in [0.3, 0.4) is 0 Å². The lowest BCUT2D eigenvalue weighted by molar-refractivity contribution is 0.123. The summed E-state index contributed by atoms with van der Waals surface area (Å²) in [4.78, 5) is 0. The average molecular weight is 314 g/mol. The number of fused-ring (bicyclic) bond motifs is 3. The zero-order chi connectivity index (χ0) is 14.4. The molecule has 0 amide bonds. The van der Waals surface area contributed by atoms with Crippen LogP contribution in [0.4, 0.5) is 0 Å². The Morgan fingerprint density at radius 2 is 1.50 bits per heavy atom. The van der Waals surface area contributed by atoms with Crippen molar-refractivity contribution in [3.8, 4) is 0 Å². The van der Waals surface area contributed by atoms with E-state index in [0.29, 0.717) is 5.92 Å². The molecule has 2 nitrogen and oxygen atoms in total. The Hall–Kier alpha value is -1.61. The first kappa shape index (κ1) is 15.3. The topological polar surface area (TPSA) is 46.2 Å². The summed E-state index contributed by atoms with van der Waals surface area (Å²) >= 11 is 0. The molecule has 3 aromatic rings. The van der Waals surface area contributed by atoms with Gasteiger partial charge in [-0.3, -0.25) is 0 Å². The molecular formula is C19H20ClNO. The van der Waals surface area contributed by atoms with Gasteiger partial charge in [-0.15, -0.1) is 12.4 Å². The van der Waals surface area contributed by atoms with E-state index in [-0.39, 0.29) is 18.4 Å². The van der Waals surface area contributed by atoms with Crippen LogP contribution < -0.4 is 5.73 Å². The number of hydrogen-bond acceptors (Lipinski definition) is 2. The summed E-state index contributed by atoms with van der Waals surface area (Å²) < 4.78 is 0. The second-order valence-electron chi connectivity index (χ2n) is 6.09. The van der Waals surface area contributed by atoms with Crippen molar-refractivity contribution in [1.29, 1.82) is 0 Å². The van der Waals surface area contributed by atoms with E-state index in [1.165, 1.54) is 16.2 Å². The van der Waals surface area contributed by atoms with Crippen molar-refractivity contribution in [3.63, 3.8) is 0 Å². The van der Waals surface area contributed by atoms with Crippen molar-refractivity contribution in [3.05, 3.63) is 60.2 Å². The maximum absolute atomic E-state index is 10.4. The molecule has 1 fully saturated rings. The fourth-order valence-electron chi connectivity index (χ4n) is 3.27. The van der Waals surface area contributed by atoms with E-state index in [0.717, 1.165) is 23.8 Å². The third-order valence-electron chi connectivity index (χ3n) is 4.63. The predicted molar refractivity (Wildman–Crippen MR) is 94.4 cm³/mol. The van der Waals surface area contributed by atoms with Gasteiger partial charge in [0.15, 0.2) is 0 Å². The molecule has 0 unspecified atom stereocenters. The maximum atomic E-state index is 10.4. The lowest BCUT2D eigenvalue weighted by Crippen LogP contribution is -2.28. The molecule has 0 bridgehead atoms. The Balaban J connectivity index is 0.00000144. The Morgan fingerprint density at radius 1 is 0.909 bits per heavy atom. The van der Waals surface area contributed by atoms with Crippen LogP contribution in [-0.2, 0) is 0 Å². The largest absolute Gasteiger partial charge is 0.391 e. The monoisotopic (exact) mass is 313 g/mol. The van der Waals surface area contributed by atoms with Crippen molar-refractivity contribution in [2.45, 2.75) is 25.0 Å². The molecule has 1 aliphatic carbocycles. The van der Waals surface area contributed by atoms with Crippen molar-refractivity contribution in [1.82, 2.24) is 0 Å². The molecule has 4 rings (SSSR count). The highest BCUT2D eigenvalue weighted by Crippen LogP contribution is 2.39. The van der Waals surface area contributed by atoms with Crippen LogP contribution in [0, 0.1) is 5.92 Å². The van der Waals surface area contributed by atoms with Crippen molar-refractivity contribution < 1.29 is 5.11 Å². The van der Waals surface area contributed by atoms with Gasteiger partial charge in [0, 0.05) is 0 Å². The summed E-state index contributed by atoms with van der Waals surface area (Å²) in [5.41, 5.74) is 7.45. The second-order valence-corrected chi connectivity index (χ2v) is 6.09. The van der Waals surface area contributed by atoms with Crippen LogP contribution in [-0.4, -0.2) is 11.2 Å². The van der Waals surface area contributed by atoms with Crippen LogP contribution in [0.25, 0.3) is 21.5 Å². The molecule has 0 heterocycles. The minimum absolute atomic E-state index is 0. The number of hydrogen-bond donors (Lipinski definition) is 2. The second kappa shape index (κ2) is 5.88. The number of halogens is 1. The molecule has 0 aliphatic heterocycles. The van der Waals surface area contributed by atoms with E-state index < -0.39 is 6.10 Å². The Morgan fingerprint density at radius 3 is 2.18 bits per heavy atom. The van der Waals surface area contributed by atoms with Crippen LogP contribution in [0.5, 0.6) is 0 Å². The molecule has 0 radical (unpaired) electrons. The smallest absolute Gasteiger partial charge is 0.0761 e. The van der Waals surface area contributed by atoms with Gasteiger partial charge < -0.3 is 10.8 Å². The number of aliphatic hydroxyl groups is 1. The molecule has 2 atom stereocenters. The molecule has 114 valence electrons. The van der Waals surface area contributed by atoms with E-state index in [1.807, 2.05) is 12.1 Å². The highest BCUT2D eigenvalue weighted by Gasteiger charge is 2.34. The Labute approximate surface area is 136 Å². The molecular weight excluding hydrogens is 294 g/mol. The molecule has 1 saturated carbocycles. The molecule has 3 heteroatoms. The van der Waals surface area contributed by atoms with Gasteiger partial charge in [0.05, 0.1) is 12.1 Å². The van der Waals surface area contributed by atoms with Crippen molar-refractivity contribution in [2.24, 2.45) is 11.7 Å². The zero-order valence-electron chi connectivity index (χ0n) is 12.3. The third-order valence-corrected chi connectivity index (χ3v) is 4.63. The Kier molecular flexibility index (Phi) is 4.09. The molecule has 1 aliphatic rings. The van der Waals surface area contributed by atoms with Gasteiger partial charge in [-0.25, -0.2) is 0 Å². The maximum Gasteiger partial charge on any atom is 0.0761 e.